The summed E-state index contributed by atoms with van der Waals surface area (Å²) in [6, 6.07) is 0. The summed E-state index contributed by atoms with van der Waals surface area (Å²) in [6.45, 7) is 10.7. The number of piperazine rings is 1. The van der Waals surface area contributed by atoms with Crippen LogP contribution in [0.1, 0.15) is 27.2 Å². The lowest BCUT2D eigenvalue weighted by Crippen LogP contribution is -2.53. The Morgan fingerprint density at radius 2 is 1.89 bits per heavy atom. The van der Waals surface area contributed by atoms with E-state index >= 15 is 0 Å². The van der Waals surface area contributed by atoms with Crippen molar-refractivity contribution in [2.75, 3.05) is 39.3 Å². The summed E-state index contributed by atoms with van der Waals surface area (Å²) in [5.41, 5.74) is 0. The fourth-order valence-electron chi connectivity index (χ4n) is 2.07. The number of allylic oxidation sites excluding steroid dienone is 1. The second kappa shape index (κ2) is 8.56. The number of rotatable bonds is 4. The van der Waals surface area contributed by atoms with Crippen LogP contribution in [0.15, 0.2) is 17.1 Å². The predicted molar refractivity (Wildman–Crippen MR) is 79.2 cm³/mol. The number of amides is 1. The number of hydrogen-bond acceptors (Lipinski definition) is 2. The lowest BCUT2D eigenvalue weighted by atomic mass is 10.3. The highest BCUT2D eigenvalue weighted by atomic mass is 16.2. The zero-order valence-corrected chi connectivity index (χ0v) is 12.4. The van der Waals surface area contributed by atoms with E-state index in [1.807, 2.05) is 17.9 Å². The monoisotopic (exact) mass is 266 g/mol. The summed E-state index contributed by atoms with van der Waals surface area (Å²) in [5.74, 6) is 1.13. The molecule has 1 saturated heterocycles. The number of aliphatic imine (C=N–C) groups is 1. The molecule has 0 radical (unpaired) electrons. The van der Waals surface area contributed by atoms with Gasteiger partial charge in [0.2, 0.25) is 5.91 Å². The van der Waals surface area contributed by atoms with Crippen LogP contribution in [0.2, 0.25) is 0 Å². The molecule has 0 bridgehead atoms. The van der Waals surface area contributed by atoms with Gasteiger partial charge in [-0.3, -0.25) is 9.79 Å². The van der Waals surface area contributed by atoms with E-state index < -0.39 is 0 Å². The third-order valence-electron chi connectivity index (χ3n) is 3.15. The van der Waals surface area contributed by atoms with Crippen LogP contribution >= 0.6 is 0 Å². The largest absolute Gasteiger partial charge is 0.357 e. The molecule has 5 nitrogen and oxygen atoms in total. The number of carbonyl (C=O) groups excluding carboxylic acids is 1. The second-order valence-corrected chi connectivity index (χ2v) is 4.59. The van der Waals surface area contributed by atoms with E-state index in [1.54, 1.807) is 6.92 Å². The molecule has 1 N–H and O–H groups in total. The summed E-state index contributed by atoms with van der Waals surface area (Å²) in [7, 11) is 0. The van der Waals surface area contributed by atoms with Gasteiger partial charge in [-0.1, -0.05) is 12.2 Å². The Morgan fingerprint density at radius 3 is 2.42 bits per heavy atom. The lowest BCUT2D eigenvalue weighted by Gasteiger charge is -2.36. The van der Waals surface area contributed by atoms with Crippen molar-refractivity contribution < 1.29 is 4.79 Å². The van der Waals surface area contributed by atoms with Gasteiger partial charge in [0, 0.05) is 46.2 Å². The number of guanidine groups is 1. The summed E-state index contributed by atoms with van der Waals surface area (Å²) in [5, 5.41) is 3.32. The van der Waals surface area contributed by atoms with Gasteiger partial charge in [0.25, 0.3) is 0 Å². The summed E-state index contributed by atoms with van der Waals surface area (Å²) < 4.78 is 0. The lowest BCUT2D eigenvalue weighted by molar-refractivity contribution is -0.130. The van der Waals surface area contributed by atoms with Crippen LogP contribution in [0.5, 0.6) is 0 Å². The molecule has 1 rings (SSSR count). The minimum atomic E-state index is 0.162. The Balaban J connectivity index is 2.50. The highest BCUT2D eigenvalue weighted by Crippen LogP contribution is 2.03. The first kappa shape index (κ1) is 15.5. The van der Waals surface area contributed by atoms with Gasteiger partial charge in [-0.15, -0.1) is 0 Å². The molecule has 1 fully saturated rings. The highest BCUT2D eigenvalue weighted by Gasteiger charge is 2.20. The van der Waals surface area contributed by atoms with Crippen molar-refractivity contribution in [2.45, 2.75) is 27.2 Å². The Hall–Kier alpha value is -1.52. The standard InChI is InChI=1S/C14H26N4O/c1-4-6-7-8-16-14(15-5-2)18-11-9-17(10-12-18)13(3)19/h4,6H,5,7-12H2,1-3H3,(H,15,16)/b6-4+. The summed E-state index contributed by atoms with van der Waals surface area (Å²) in [6.07, 6.45) is 5.15. The molecule has 0 aromatic heterocycles. The summed E-state index contributed by atoms with van der Waals surface area (Å²) >= 11 is 0. The van der Waals surface area contributed by atoms with Crippen LogP contribution in [0.3, 0.4) is 0 Å². The van der Waals surface area contributed by atoms with Crippen molar-refractivity contribution in [3.05, 3.63) is 12.2 Å². The number of nitrogens with zero attached hydrogens (tertiary/aromatic N) is 3. The van der Waals surface area contributed by atoms with Gasteiger partial charge in [0.05, 0.1) is 0 Å². The van der Waals surface area contributed by atoms with Gasteiger partial charge in [0.1, 0.15) is 0 Å². The van der Waals surface area contributed by atoms with E-state index in [1.165, 1.54) is 0 Å². The maximum Gasteiger partial charge on any atom is 0.219 e. The first-order chi connectivity index (χ1) is 9.19. The van der Waals surface area contributed by atoms with Crippen LogP contribution in [0.4, 0.5) is 0 Å². The molecule has 1 aliphatic rings. The first-order valence-corrected chi connectivity index (χ1v) is 7.09. The normalized spacial score (nSPS) is 17.1. The van der Waals surface area contributed by atoms with Gasteiger partial charge in [-0.05, 0) is 20.3 Å². The maximum atomic E-state index is 11.3. The third kappa shape index (κ3) is 5.32. The van der Waals surface area contributed by atoms with Gasteiger partial charge < -0.3 is 15.1 Å². The van der Waals surface area contributed by atoms with Crippen LogP contribution in [0.25, 0.3) is 0 Å². The highest BCUT2D eigenvalue weighted by molar-refractivity contribution is 5.80. The fraction of sp³-hybridized carbons (Fsp3) is 0.714. The van der Waals surface area contributed by atoms with Gasteiger partial charge in [-0.25, -0.2) is 0 Å². The molecule has 1 heterocycles. The zero-order chi connectivity index (χ0) is 14.1. The van der Waals surface area contributed by atoms with E-state index in [-0.39, 0.29) is 5.91 Å². The smallest absolute Gasteiger partial charge is 0.219 e. The van der Waals surface area contributed by atoms with Gasteiger partial charge >= 0.3 is 0 Å². The molecular formula is C14H26N4O. The van der Waals surface area contributed by atoms with Gasteiger partial charge in [-0.2, -0.15) is 0 Å². The van der Waals surface area contributed by atoms with E-state index in [4.69, 9.17) is 0 Å². The minimum Gasteiger partial charge on any atom is -0.357 e. The van der Waals surface area contributed by atoms with E-state index in [2.05, 4.69) is 28.2 Å². The van der Waals surface area contributed by atoms with Crippen molar-refractivity contribution in [1.82, 2.24) is 15.1 Å². The number of carbonyl (C=O) groups is 1. The average molecular weight is 266 g/mol. The van der Waals surface area contributed by atoms with E-state index in [0.29, 0.717) is 0 Å². The van der Waals surface area contributed by atoms with Crippen molar-refractivity contribution in [1.29, 1.82) is 0 Å². The van der Waals surface area contributed by atoms with Crippen molar-refractivity contribution in [2.24, 2.45) is 4.99 Å². The molecule has 0 saturated carbocycles. The Morgan fingerprint density at radius 1 is 1.26 bits per heavy atom. The molecular weight excluding hydrogens is 240 g/mol. The Kier molecular flexibility index (Phi) is 7.00. The topological polar surface area (TPSA) is 47.9 Å². The molecule has 0 aliphatic carbocycles. The molecule has 0 unspecified atom stereocenters. The Bertz CT molecular complexity index is 330. The molecule has 108 valence electrons. The SMILES string of the molecule is C/C=C/CCN=C(NCC)N1CCN(C(C)=O)CC1. The second-order valence-electron chi connectivity index (χ2n) is 4.59. The van der Waals surface area contributed by atoms with E-state index in [9.17, 15) is 4.79 Å². The molecule has 19 heavy (non-hydrogen) atoms. The third-order valence-corrected chi connectivity index (χ3v) is 3.15. The Labute approximate surface area is 116 Å². The molecule has 0 aromatic carbocycles. The van der Waals surface area contributed by atoms with Crippen molar-refractivity contribution >= 4 is 11.9 Å². The quantitative estimate of drug-likeness (QED) is 0.358. The molecule has 0 spiro atoms. The molecule has 5 heteroatoms. The average Bonchev–Trinajstić information content (AvgIpc) is 2.42. The van der Waals surface area contributed by atoms with Gasteiger partial charge in [0.15, 0.2) is 5.96 Å². The summed E-state index contributed by atoms with van der Waals surface area (Å²) in [4.78, 5) is 20.0. The molecule has 0 aromatic rings. The molecule has 0 atom stereocenters. The van der Waals surface area contributed by atoms with Crippen molar-refractivity contribution in [3.63, 3.8) is 0 Å². The fourth-order valence-corrected chi connectivity index (χ4v) is 2.07. The van der Waals surface area contributed by atoms with E-state index in [0.717, 1.165) is 51.6 Å². The predicted octanol–water partition coefficient (Wildman–Crippen LogP) is 1.08. The van der Waals surface area contributed by atoms with Crippen LogP contribution in [0, 0.1) is 0 Å². The minimum absolute atomic E-state index is 0.162. The number of nitrogens with one attached hydrogen (secondary N) is 1. The van der Waals surface area contributed by atoms with Crippen molar-refractivity contribution in [3.8, 4) is 0 Å². The molecule has 1 amide bonds. The van der Waals surface area contributed by atoms with Crippen LogP contribution in [-0.4, -0.2) is 60.9 Å². The first-order valence-electron chi connectivity index (χ1n) is 7.09. The number of hydrogen-bond donors (Lipinski definition) is 1. The molecule has 1 aliphatic heterocycles. The maximum absolute atomic E-state index is 11.3. The van der Waals surface area contributed by atoms with Crippen LogP contribution in [-0.2, 0) is 4.79 Å². The van der Waals surface area contributed by atoms with Crippen LogP contribution < -0.4 is 5.32 Å². The zero-order valence-electron chi connectivity index (χ0n) is 12.4.